The Kier molecular flexibility index (Phi) is 5.05. The minimum atomic E-state index is -3.68. The van der Waals surface area contributed by atoms with Gasteiger partial charge in [0.1, 0.15) is 10.6 Å². The number of hydrogen-bond donors (Lipinski definition) is 2. The number of carbonyl (C=O) groups excluding carboxylic acids is 1. The van der Waals surface area contributed by atoms with Gasteiger partial charge in [0.25, 0.3) is 5.91 Å². The van der Waals surface area contributed by atoms with Crippen LogP contribution >= 0.6 is 0 Å². The molecular weight excluding hydrogens is 306 g/mol. The fourth-order valence-electron chi connectivity index (χ4n) is 2.05. The zero-order valence-corrected chi connectivity index (χ0v) is 13.7. The van der Waals surface area contributed by atoms with Crippen molar-refractivity contribution in [2.75, 3.05) is 40.8 Å². The van der Waals surface area contributed by atoms with Gasteiger partial charge < -0.3 is 15.4 Å². The first-order chi connectivity index (χ1) is 10.4. The number of sulfonamides is 1. The molecule has 0 spiro atoms. The van der Waals surface area contributed by atoms with Crippen LogP contribution < -0.4 is 15.4 Å². The van der Waals surface area contributed by atoms with Gasteiger partial charge in [-0.3, -0.25) is 4.79 Å². The van der Waals surface area contributed by atoms with Crippen molar-refractivity contribution < 1.29 is 17.9 Å². The van der Waals surface area contributed by atoms with Gasteiger partial charge in [-0.25, -0.2) is 12.7 Å². The van der Waals surface area contributed by atoms with Crippen LogP contribution in [0.4, 0.5) is 0 Å². The number of ether oxygens (including phenoxy) is 1. The van der Waals surface area contributed by atoms with E-state index < -0.39 is 10.0 Å². The highest BCUT2D eigenvalue weighted by Gasteiger charge is 2.24. The van der Waals surface area contributed by atoms with Gasteiger partial charge in [-0.2, -0.15) is 0 Å². The molecule has 7 nitrogen and oxygen atoms in total. The maximum absolute atomic E-state index is 12.3. The highest BCUT2D eigenvalue weighted by Crippen LogP contribution is 2.26. The number of methoxy groups -OCH3 is 1. The number of benzene rings is 1. The average molecular weight is 327 g/mol. The first-order valence-electron chi connectivity index (χ1n) is 6.95. The van der Waals surface area contributed by atoms with Gasteiger partial charge in [0, 0.05) is 45.2 Å². The molecule has 1 aromatic carbocycles. The fraction of sp³-hybridized carbons (Fsp3) is 0.500. The molecule has 0 radical (unpaired) electrons. The number of nitrogens with one attached hydrogen (secondary N) is 2. The molecule has 1 heterocycles. The van der Waals surface area contributed by atoms with E-state index in [1.807, 2.05) is 0 Å². The Labute approximate surface area is 130 Å². The third-order valence-corrected chi connectivity index (χ3v) is 5.44. The molecule has 2 rings (SSSR count). The molecule has 1 aliphatic heterocycles. The lowest BCUT2D eigenvalue weighted by atomic mass is 10.0. The minimum absolute atomic E-state index is 0.0158. The van der Waals surface area contributed by atoms with E-state index >= 15 is 0 Å². The van der Waals surface area contributed by atoms with Crippen LogP contribution in [-0.4, -0.2) is 59.5 Å². The first kappa shape index (κ1) is 16.7. The Morgan fingerprint density at radius 3 is 2.59 bits per heavy atom. The smallest absolute Gasteiger partial charge is 0.251 e. The zero-order chi connectivity index (χ0) is 16.3. The molecule has 0 aliphatic carbocycles. The molecule has 0 saturated carbocycles. The van der Waals surface area contributed by atoms with Gasteiger partial charge in [-0.15, -0.1) is 0 Å². The Morgan fingerprint density at radius 1 is 1.41 bits per heavy atom. The monoisotopic (exact) mass is 327 g/mol. The van der Waals surface area contributed by atoms with Crippen LogP contribution in [0, 0.1) is 5.92 Å². The van der Waals surface area contributed by atoms with Crippen molar-refractivity contribution in [3.63, 3.8) is 0 Å². The van der Waals surface area contributed by atoms with Crippen LogP contribution in [0.3, 0.4) is 0 Å². The molecule has 1 aromatic rings. The van der Waals surface area contributed by atoms with Crippen molar-refractivity contribution in [3.05, 3.63) is 23.8 Å². The molecule has 0 atom stereocenters. The van der Waals surface area contributed by atoms with Gasteiger partial charge in [-0.1, -0.05) is 0 Å². The van der Waals surface area contributed by atoms with Crippen LogP contribution in [0.2, 0.25) is 0 Å². The predicted molar refractivity (Wildman–Crippen MR) is 82.6 cm³/mol. The van der Waals surface area contributed by atoms with E-state index in [0.717, 1.165) is 17.4 Å². The van der Waals surface area contributed by atoms with Crippen molar-refractivity contribution in [2.24, 2.45) is 5.92 Å². The van der Waals surface area contributed by atoms with E-state index in [1.54, 1.807) is 6.07 Å². The molecule has 2 N–H and O–H groups in total. The largest absolute Gasteiger partial charge is 0.495 e. The molecule has 1 aliphatic rings. The molecule has 8 heteroatoms. The number of amides is 1. The van der Waals surface area contributed by atoms with Crippen LogP contribution in [0.1, 0.15) is 10.4 Å². The Balaban J connectivity index is 2.24. The maximum Gasteiger partial charge on any atom is 0.251 e. The molecule has 0 aromatic heterocycles. The second kappa shape index (κ2) is 6.64. The molecule has 1 saturated heterocycles. The van der Waals surface area contributed by atoms with Gasteiger partial charge in [0.05, 0.1) is 7.11 Å². The quantitative estimate of drug-likeness (QED) is 0.761. The van der Waals surface area contributed by atoms with Crippen molar-refractivity contribution in [1.29, 1.82) is 0 Å². The van der Waals surface area contributed by atoms with Crippen LogP contribution in [0.15, 0.2) is 23.1 Å². The van der Waals surface area contributed by atoms with Gasteiger partial charge in [-0.05, 0) is 18.2 Å². The number of nitrogens with zero attached hydrogens (tertiary/aromatic N) is 1. The van der Waals surface area contributed by atoms with E-state index in [0.29, 0.717) is 18.0 Å². The van der Waals surface area contributed by atoms with Crippen LogP contribution in [0.25, 0.3) is 0 Å². The zero-order valence-electron chi connectivity index (χ0n) is 12.9. The van der Waals surface area contributed by atoms with E-state index in [4.69, 9.17) is 4.74 Å². The predicted octanol–water partition coefficient (Wildman–Crippen LogP) is -0.105. The van der Waals surface area contributed by atoms with Gasteiger partial charge >= 0.3 is 0 Å². The van der Waals surface area contributed by atoms with Crippen molar-refractivity contribution in [1.82, 2.24) is 14.9 Å². The lowest BCUT2D eigenvalue weighted by molar-refractivity contribution is 0.0942. The second-order valence-electron chi connectivity index (χ2n) is 5.39. The second-order valence-corrected chi connectivity index (χ2v) is 7.51. The van der Waals surface area contributed by atoms with Crippen molar-refractivity contribution in [3.8, 4) is 5.75 Å². The molecule has 1 fully saturated rings. The number of hydrogen-bond acceptors (Lipinski definition) is 5. The van der Waals surface area contributed by atoms with E-state index in [9.17, 15) is 13.2 Å². The normalized spacial score (nSPS) is 15.5. The number of rotatable bonds is 6. The van der Waals surface area contributed by atoms with Crippen molar-refractivity contribution >= 4 is 15.9 Å². The Hall–Kier alpha value is -1.64. The maximum atomic E-state index is 12.3. The van der Waals surface area contributed by atoms with E-state index in [-0.39, 0.29) is 16.6 Å². The summed E-state index contributed by atoms with van der Waals surface area (Å²) in [5.41, 5.74) is 0.300. The van der Waals surface area contributed by atoms with Gasteiger partial charge in [0.2, 0.25) is 10.0 Å². The lowest BCUT2D eigenvalue weighted by Gasteiger charge is -2.27. The summed E-state index contributed by atoms with van der Waals surface area (Å²) in [5.74, 6) is 0.366. The summed E-state index contributed by atoms with van der Waals surface area (Å²) in [6, 6.07) is 4.40. The standard InChI is InChI=1S/C14H21N3O4S/c1-17(2)22(19,20)13-6-11(4-5-12(13)21-3)14(18)16-9-10-7-15-8-10/h4-6,10,15H,7-9H2,1-3H3,(H,16,18). The number of carbonyl (C=O) groups is 1. The highest BCUT2D eigenvalue weighted by atomic mass is 32.2. The molecular formula is C14H21N3O4S. The molecule has 0 unspecified atom stereocenters. The van der Waals surface area contributed by atoms with Gasteiger partial charge in [0.15, 0.2) is 0 Å². The molecule has 1 amide bonds. The summed E-state index contributed by atoms with van der Waals surface area (Å²) in [6.45, 7) is 2.36. The highest BCUT2D eigenvalue weighted by molar-refractivity contribution is 7.89. The summed E-state index contributed by atoms with van der Waals surface area (Å²) in [5, 5.41) is 5.95. The Morgan fingerprint density at radius 2 is 2.09 bits per heavy atom. The minimum Gasteiger partial charge on any atom is -0.495 e. The topological polar surface area (TPSA) is 87.7 Å². The molecule has 22 heavy (non-hydrogen) atoms. The lowest BCUT2D eigenvalue weighted by Crippen LogP contribution is -2.48. The fourth-order valence-corrected chi connectivity index (χ4v) is 3.12. The van der Waals surface area contributed by atoms with E-state index in [2.05, 4.69) is 10.6 Å². The summed E-state index contributed by atoms with van der Waals surface area (Å²) < 4.78 is 30.8. The average Bonchev–Trinajstić information content (AvgIpc) is 2.44. The van der Waals surface area contributed by atoms with Crippen LogP contribution in [0.5, 0.6) is 5.75 Å². The Bertz CT molecular complexity index is 654. The van der Waals surface area contributed by atoms with Crippen molar-refractivity contribution in [2.45, 2.75) is 4.90 Å². The third-order valence-electron chi connectivity index (χ3n) is 3.60. The van der Waals surface area contributed by atoms with E-state index in [1.165, 1.54) is 33.3 Å². The third kappa shape index (κ3) is 3.40. The summed E-state index contributed by atoms with van der Waals surface area (Å²) in [6.07, 6.45) is 0. The SMILES string of the molecule is COc1ccc(C(=O)NCC2CNC2)cc1S(=O)(=O)N(C)C. The molecule has 122 valence electrons. The summed E-state index contributed by atoms with van der Waals surface area (Å²) in [4.78, 5) is 12.1. The first-order valence-corrected chi connectivity index (χ1v) is 8.39. The molecule has 0 bridgehead atoms. The summed E-state index contributed by atoms with van der Waals surface area (Å²) >= 11 is 0. The van der Waals surface area contributed by atoms with Crippen LogP contribution in [-0.2, 0) is 10.0 Å². The summed E-state index contributed by atoms with van der Waals surface area (Å²) in [7, 11) is 0.585.